The zero-order valence-electron chi connectivity index (χ0n) is 38.7. The van der Waals surface area contributed by atoms with Crippen molar-refractivity contribution in [1.29, 1.82) is 0 Å². The van der Waals surface area contributed by atoms with Gasteiger partial charge in [0.25, 0.3) is 0 Å². The van der Waals surface area contributed by atoms with Crippen LogP contribution in [0.3, 0.4) is 0 Å². The van der Waals surface area contributed by atoms with Gasteiger partial charge in [-0.3, -0.25) is 38.4 Å². The summed E-state index contributed by atoms with van der Waals surface area (Å²) in [5.41, 5.74) is -2.01. The maximum Gasteiger partial charge on any atom is 0.311 e. The summed E-state index contributed by atoms with van der Waals surface area (Å²) in [6, 6.07) is 0. The summed E-state index contributed by atoms with van der Waals surface area (Å²) >= 11 is 0. The number of hydrogen-bond acceptors (Lipinski definition) is 0. The van der Waals surface area contributed by atoms with Gasteiger partial charge in [0.2, 0.25) is 0 Å². The van der Waals surface area contributed by atoms with E-state index in [4.69, 9.17) is 0 Å². The topological polar surface area (TPSA) is 171 Å². The van der Waals surface area contributed by atoms with Crippen LogP contribution in [0.1, 0.15) is 192 Å². The molecular formula is C44H88ErO8+8. The first kappa shape index (κ1) is 60.8. The SMILES string of the molecule is CC(C)(C)C(=[OH+])CC(=[OH+])C(C)(C)C.CC(C)(C)C(=[OH+])CC(=[OH+])C(C)(C)C.CC(C)(C)C(=[OH+])CC(=[OH+])C(C)(C)C.CC(C)(C)C(=[OH+])CC(=[OH+])C(C)(C)C.[Er]. The molecule has 0 fully saturated rings. The fourth-order valence-corrected chi connectivity index (χ4v) is 2.76. The van der Waals surface area contributed by atoms with Crippen LogP contribution in [0.15, 0.2) is 0 Å². The summed E-state index contributed by atoms with van der Waals surface area (Å²) in [6.45, 7) is 46.3. The molecule has 0 heterocycles. The average molecular weight is 912 g/mol. The number of carbonyl (C=O) groups excluding carboxylic acids is 8. The van der Waals surface area contributed by atoms with E-state index in [2.05, 4.69) is 0 Å². The van der Waals surface area contributed by atoms with Gasteiger partial charge in [0.1, 0.15) is 0 Å². The second-order valence-electron chi connectivity index (χ2n) is 22.3. The van der Waals surface area contributed by atoms with Gasteiger partial charge in [0, 0.05) is 37.3 Å². The van der Waals surface area contributed by atoms with Crippen LogP contribution in [0, 0.1) is 80.6 Å². The average Bonchev–Trinajstić information content (AvgIpc) is 2.85. The Morgan fingerprint density at radius 1 is 0.208 bits per heavy atom. The largest absolute Gasteiger partial charge is 0.311 e. The molecule has 0 aromatic rings. The van der Waals surface area contributed by atoms with Crippen LogP contribution in [0.2, 0.25) is 0 Å². The van der Waals surface area contributed by atoms with Crippen molar-refractivity contribution in [3.05, 3.63) is 0 Å². The Morgan fingerprint density at radius 2 is 0.264 bits per heavy atom. The molecule has 0 aromatic heterocycles. The first-order chi connectivity index (χ1) is 22.2. The van der Waals surface area contributed by atoms with E-state index in [1.54, 1.807) is 0 Å². The standard InChI is InChI=1S/4C11H20O2.Er/c4*1-10(2,3)8(12)7-9(13)11(4,5)6;/h4*7H2,1-6H3;/p+8. The summed E-state index contributed by atoms with van der Waals surface area (Å²) in [4.78, 5) is 77.2. The van der Waals surface area contributed by atoms with Crippen LogP contribution in [0.25, 0.3) is 0 Å². The minimum Gasteiger partial charge on any atom is -0.282 e. The molecule has 316 valence electrons. The molecule has 0 rings (SSSR count). The molecule has 0 aromatic carbocycles. The molecule has 8 nitrogen and oxygen atoms in total. The molecule has 0 aliphatic heterocycles. The van der Waals surface area contributed by atoms with Crippen molar-refractivity contribution in [2.75, 3.05) is 0 Å². The van der Waals surface area contributed by atoms with Crippen molar-refractivity contribution in [2.24, 2.45) is 43.3 Å². The van der Waals surface area contributed by atoms with Gasteiger partial charge in [0.15, 0.2) is 25.7 Å². The van der Waals surface area contributed by atoms with E-state index in [0.717, 1.165) is 0 Å². The van der Waals surface area contributed by atoms with Gasteiger partial charge in [-0.1, -0.05) is 0 Å². The van der Waals surface area contributed by atoms with Gasteiger partial charge in [-0.15, -0.1) is 0 Å². The summed E-state index contributed by atoms with van der Waals surface area (Å²) in [5, 5.41) is 0. The van der Waals surface area contributed by atoms with E-state index < -0.39 is 0 Å². The van der Waals surface area contributed by atoms with E-state index in [9.17, 15) is 38.4 Å². The van der Waals surface area contributed by atoms with Crippen molar-refractivity contribution in [3.63, 3.8) is 0 Å². The van der Waals surface area contributed by atoms with Gasteiger partial charge in [-0.05, 0) is 166 Å². The molecule has 0 bridgehead atoms. The Hall–Kier alpha value is -1.39. The second kappa shape index (κ2) is 22.4. The molecule has 0 unspecified atom stereocenters. The zero-order valence-corrected chi connectivity index (χ0v) is 40.5. The summed E-state index contributed by atoms with van der Waals surface area (Å²) < 4.78 is 0. The van der Waals surface area contributed by atoms with Gasteiger partial charge in [0.05, 0.1) is 43.3 Å². The molecule has 0 saturated heterocycles. The van der Waals surface area contributed by atoms with Crippen LogP contribution >= 0.6 is 0 Å². The molecular weight excluding hydrogens is 824 g/mol. The molecule has 8 N–H and O–H groups in total. The first-order valence-electron chi connectivity index (χ1n) is 18.6. The van der Waals surface area contributed by atoms with Crippen molar-refractivity contribution in [3.8, 4) is 0 Å². The van der Waals surface area contributed by atoms with Crippen molar-refractivity contribution >= 4 is 46.3 Å². The minimum atomic E-state index is -0.251. The van der Waals surface area contributed by atoms with E-state index in [1.165, 1.54) is 0 Å². The third-order valence-electron chi connectivity index (χ3n) is 8.27. The van der Waals surface area contributed by atoms with Gasteiger partial charge >= 0.3 is 46.3 Å². The molecule has 0 radical (unpaired) electrons. The number of ketones is 8. The van der Waals surface area contributed by atoms with Crippen LogP contribution in [0.4, 0.5) is 0 Å². The molecule has 0 saturated carbocycles. The van der Waals surface area contributed by atoms with Gasteiger partial charge in [-0.2, -0.15) is 0 Å². The maximum absolute atomic E-state index is 9.66. The number of hydrogen-bond donors (Lipinski definition) is 0. The van der Waals surface area contributed by atoms with Crippen molar-refractivity contribution in [1.82, 2.24) is 0 Å². The molecule has 0 aliphatic rings. The summed E-state index contributed by atoms with van der Waals surface area (Å²) in [5.74, 6) is 2.67. The Morgan fingerprint density at radius 3 is 0.302 bits per heavy atom. The fourth-order valence-electron chi connectivity index (χ4n) is 2.76. The van der Waals surface area contributed by atoms with Crippen molar-refractivity contribution < 1.29 is 75.7 Å². The van der Waals surface area contributed by atoms with Crippen molar-refractivity contribution in [2.45, 2.75) is 192 Å². The molecule has 53 heavy (non-hydrogen) atoms. The van der Waals surface area contributed by atoms with Gasteiger partial charge in [-0.25, -0.2) is 0 Å². The fraction of sp³-hybridized carbons (Fsp3) is 0.818. The van der Waals surface area contributed by atoms with Gasteiger partial charge < -0.3 is 0 Å². The maximum atomic E-state index is 9.66. The Bertz CT molecular complexity index is 964. The Balaban J connectivity index is -0.000000192. The van der Waals surface area contributed by atoms with Crippen LogP contribution < -0.4 is 0 Å². The van der Waals surface area contributed by atoms with Crippen LogP contribution in [-0.4, -0.2) is 84.6 Å². The molecule has 0 aliphatic carbocycles. The third-order valence-corrected chi connectivity index (χ3v) is 8.27. The summed E-state index contributed by atoms with van der Waals surface area (Å²) in [7, 11) is 0. The molecule has 0 spiro atoms. The quantitative estimate of drug-likeness (QED) is 0.167. The normalized spacial score (nSPS) is 12.5. The summed E-state index contributed by atoms with van der Waals surface area (Å²) in [6.07, 6.45) is 1.14. The van der Waals surface area contributed by atoms with E-state index in [0.29, 0.717) is 46.3 Å². The zero-order chi connectivity index (χ0) is 43.4. The molecule has 9 heteroatoms. The second-order valence-corrected chi connectivity index (χ2v) is 22.3. The van der Waals surface area contributed by atoms with E-state index in [-0.39, 0.29) is 106 Å². The third kappa shape index (κ3) is 30.5. The molecule has 0 amide bonds. The van der Waals surface area contributed by atoms with Crippen LogP contribution in [-0.2, 0) is 0 Å². The first-order valence-corrected chi connectivity index (χ1v) is 18.6. The monoisotopic (exact) mass is 911 g/mol. The number of rotatable bonds is 8. The van der Waals surface area contributed by atoms with Crippen LogP contribution in [0.5, 0.6) is 0 Å². The Labute approximate surface area is 354 Å². The Kier molecular flexibility index (Phi) is 25.7. The molecule has 0 atom stereocenters. The predicted molar refractivity (Wildman–Crippen MR) is 230 cm³/mol. The van der Waals surface area contributed by atoms with E-state index >= 15 is 0 Å². The van der Waals surface area contributed by atoms with E-state index in [1.807, 2.05) is 166 Å². The predicted octanol–water partition coefficient (Wildman–Crippen LogP) is 10.2. The minimum absolute atomic E-state index is 0. The smallest absolute Gasteiger partial charge is 0.282 e.